The summed E-state index contributed by atoms with van der Waals surface area (Å²) in [4.78, 5) is 46.6. The van der Waals surface area contributed by atoms with Crippen LogP contribution in [0.1, 0.15) is 98.0 Å². The number of hydroxylamine groups is 2. The molecule has 1 aromatic carbocycles. The molecule has 1 saturated carbocycles. The second-order valence-corrected chi connectivity index (χ2v) is 11.7. The summed E-state index contributed by atoms with van der Waals surface area (Å²) in [5, 5.41) is 12.0. The first-order chi connectivity index (χ1) is 18.5. The van der Waals surface area contributed by atoms with Gasteiger partial charge in [-0.05, 0) is 50.5 Å². The molecule has 1 fully saturated rings. The van der Waals surface area contributed by atoms with Crippen LogP contribution in [0, 0.1) is 11.8 Å². The number of imide groups is 1. The number of carbonyl (C=O) groups is 3. The van der Waals surface area contributed by atoms with Crippen molar-refractivity contribution in [1.82, 2.24) is 9.96 Å². The lowest BCUT2D eigenvalue weighted by molar-refractivity contribution is -0.181. The summed E-state index contributed by atoms with van der Waals surface area (Å²) >= 11 is 0. The average molecular weight is 543 g/mol. The van der Waals surface area contributed by atoms with Crippen molar-refractivity contribution in [3.63, 3.8) is 0 Å². The Hall–Kier alpha value is -2.58. The predicted octanol–water partition coefficient (Wildman–Crippen LogP) is 5.16. The number of carbonyl (C=O) groups excluding carboxylic acids is 3. The van der Waals surface area contributed by atoms with Gasteiger partial charge in [-0.25, -0.2) is 5.06 Å². The molecule has 0 spiro atoms. The minimum Gasteiger partial charge on any atom is -0.320 e. The van der Waals surface area contributed by atoms with Gasteiger partial charge >= 0.3 is 0 Å². The van der Waals surface area contributed by atoms with Gasteiger partial charge in [0.25, 0.3) is 5.91 Å². The smallest absolute Gasteiger partial charge is 0.269 e. The highest BCUT2D eigenvalue weighted by atomic mass is 16.5. The van der Waals surface area contributed by atoms with Gasteiger partial charge in [-0.1, -0.05) is 89.6 Å². The molecule has 1 aliphatic carbocycles. The molecule has 0 radical (unpaired) electrons. The van der Waals surface area contributed by atoms with E-state index in [1.807, 2.05) is 65.0 Å². The maximum absolute atomic E-state index is 13.9. The van der Waals surface area contributed by atoms with Gasteiger partial charge in [0.05, 0.1) is 12.1 Å². The maximum Gasteiger partial charge on any atom is 0.269 e. The Labute approximate surface area is 235 Å². The molecule has 218 valence electrons. The molecule has 2 rings (SSSR count). The van der Waals surface area contributed by atoms with E-state index in [-0.39, 0.29) is 31.2 Å². The number of hydrogen-bond donors (Lipinski definition) is 2. The third-order valence-electron chi connectivity index (χ3n) is 7.26. The Kier molecular flexibility index (Phi) is 13.8. The fourth-order valence-corrected chi connectivity index (χ4v) is 5.24. The lowest BCUT2D eigenvalue weighted by atomic mass is 9.85. The first kappa shape index (κ1) is 32.6. The van der Waals surface area contributed by atoms with Crippen LogP contribution in [0.2, 0.25) is 0 Å². The summed E-state index contributed by atoms with van der Waals surface area (Å²) in [5.74, 6) is -1.33. The first-order valence-corrected chi connectivity index (χ1v) is 14.8. The van der Waals surface area contributed by atoms with Crippen molar-refractivity contribution in [2.75, 3.05) is 0 Å². The SMILES string of the molecule is CCC[C@@H](C(=O)N(O)[C@H](C=NC(C)C)CC1CCCCC1)N(C(=O)CC(C)C)C(=O)[C@@H](N)Cc1ccccc1. The summed E-state index contributed by atoms with van der Waals surface area (Å²) in [7, 11) is 0. The number of hydrogen-bond acceptors (Lipinski definition) is 6. The van der Waals surface area contributed by atoms with E-state index in [0.717, 1.165) is 41.2 Å². The minimum atomic E-state index is -1.14. The number of amides is 3. The van der Waals surface area contributed by atoms with E-state index in [9.17, 15) is 19.6 Å². The van der Waals surface area contributed by atoms with Crippen molar-refractivity contribution < 1.29 is 19.6 Å². The maximum atomic E-state index is 13.9. The number of aliphatic imine (C=N–C) groups is 1. The molecule has 8 heteroatoms. The number of nitrogens with zero attached hydrogens (tertiary/aromatic N) is 3. The largest absolute Gasteiger partial charge is 0.320 e. The number of rotatable bonds is 14. The van der Waals surface area contributed by atoms with Gasteiger partial charge < -0.3 is 5.73 Å². The van der Waals surface area contributed by atoms with Gasteiger partial charge in [0.1, 0.15) is 6.04 Å². The Morgan fingerprint density at radius 2 is 1.69 bits per heavy atom. The van der Waals surface area contributed by atoms with E-state index in [1.54, 1.807) is 6.21 Å². The highest BCUT2D eigenvalue weighted by Crippen LogP contribution is 2.29. The Morgan fingerprint density at radius 1 is 1.05 bits per heavy atom. The van der Waals surface area contributed by atoms with E-state index in [1.165, 1.54) is 6.42 Å². The summed E-state index contributed by atoms with van der Waals surface area (Å²) in [6.45, 7) is 9.55. The van der Waals surface area contributed by atoms with Crippen molar-refractivity contribution in [2.24, 2.45) is 22.6 Å². The van der Waals surface area contributed by atoms with E-state index in [4.69, 9.17) is 5.73 Å². The molecule has 1 aliphatic rings. The standard InChI is InChI=1S/C31H50N4O4/c1-6-13-28(31(38)35(39)26(21-33-23(4)5)19-24-14-9-7-10-15-24)34(29(36)18-22(2)3)30(37)27(32)20-25-16-11-8-12-17-25/h8,11-12,16-17,21-24,26-28,39H,6-7,9-10,13-15,18-20,32H2,1-5H3/t26-,27-,28-/m0/s1. The molecule has 0 aromatic heterocycles. The zero-order valence-corrected chi connectivity index (χ0v) is 24.6. The van der Waals surface area contributed by atoms with Crippen molar-refractivity contribution in [3.05, 3.63) is 35.9 Å². The summed E-state index contributed by atoms with van der Waals surface area (Å²) in [6.07, 6.45) is 8.98. The highest BCUT2D eigenvalue weighted by molar-refractivity contribution is 6.02. The fourth-order valence-electron chi connectivity index (χ4n) is 5.24. The van der Waals surface area contributed by atoms with E-state index >= 15 is 0 Å². The molecule has 8 nitrogen and oxygen atoms in total. The van der Waals surface area contributed by atoms with Crippen molar-refractivity contribution in [1.29, 1.82) is 0 Å². The van der Waals surface area contributed by atoms with Crippen LogP contribution in [0.15, 0.2) is 35.3 Å². The second-order valence-electron chi connectivity index (χ2n) is 11.7. The van der Waals surface area contributed by atoms with Crippen LogP contribution in [0.3, 0.4) is 0 Å². The monoisotopic (exact) mass is 542 g/mol. The third-order valence-corrected chi connectivity index (χ3v) is 7.26. The van der Waals surface area contributed by atoms with Gasteiger partial charge in [0.2, 0.25) is 11.8 Å². The molecule has 0 aliphatic heterocycles. The van der Waals surface area contributed by atoms with Gasteiger partial charge in [-0.2, -0.15) is 0 Å². The molecule has 3 amide bonds. The van der Waals surface area contributed by atoms with Crippen molar-refractivity contribution in [2.45, 2.75) is 123 Å². The zero-order chi connectivity index (χ0) is 28.9. The molecule has 0 saturated heterocycles. The van der Waals surface area contributed by atoms with Crippen LogP contribution in [0.4, 0.5) is 0 Å². The average Bonchev–Trinajstić information content (AvgIpc) is 2.90. The lowest BCUT2D eigenvalue weighted by Crippen LogP contribution is -2.58. The van der Waals surface area contributed by atoms with Crippen LogP contribution >= 0.6 is 0 Å². The first-order valence-electron chi connectivity index (χ1n) is 14.8. The van der Waals surface area contributed by atoms with Crippen LogP contribution in [-0.2, 0) is 20.8 Å². The van der Waals surface area contributed by atoms with Gasteiger partial charge in [0.15, 0.2) is 0 Å². The molecule has 0 unspecified atom stereocenters. The van der Waals surface area contributed by atoms with Gasteiger partial charge in [-0.3, -0.25) is 29.5 Å². The molecular formula is C31H50N4O4. The predicted molar refractivity (Wildman–Crippen MR) is 155 cm³/mol. The van der Waals surface area contributed by atoms with Crippen molar-refractivity contribution >= 4 is 23.9 Å². The minimum absolute atomic E-state index is 0.00970. The molecule has 3 atom stereocenters. The Bertz CT molecular complexity index is 928. The number of nitrogens with two attached hydrogens (primary N) is 1. The third kappa shape index (κ3) is 10.5. The van der Waals surface area contributed by atoms with Crippen LogP contribution in [-0.4, -0.2) is 63.3 Å². The molecule has 39 heavy (non-hydrogen) atoms. The summed E-state index contributed by atoms with van der Waals surface area (Å²) < 4.78 is 0. The molecule has 3 N–H and O–H groups in total. The van der Waals surface area contributed by atoms with E-state index in [0.29, 0.717) is 18.8 Å². The van der Waals surface area contributed by atoms with Crippen molar-refractivity contribution in [3.8, 4) is 0 Å². The Balaban J connectivity index is 2.37. The van der Waals surface area contributed by atoms with Gasteiger partial charge in [0, 0.05) is 18.7 Å². The zero-order valence-electron chi connectivity index (χ0n) is 24.6. The molecule has 0 heterocycles. The topological polar surface area (TPSA) is 116 Å². The molecule has 1 aromatic rings. The normalized spacial score (nSPS) is 16.8. The van der Waals surface area contributed by atoms with E-state index < -0.39 is 35.8 Å². The summed E-state index contributed by atoms with van der Waals surface area (Å²) in [6, 6.07) is 6.62. The fraction of sp³-hybridized carbons (Fsp3) is 0.677. The van der Waals surface area contributed by atoms with E-state index in [2.05, 4.69) is 4.99 Å². The highest BCUT2D eigenvalue weighted by Gasteiger charge is 2.40. The summed E-state index contributed by atoms with van der Waals surface area (Å²) in [5.41, 5.74) is 7.21. The molecule has 0 bridgehead atoms. The number of benzene rings is 1. The molecular weight excluding hydrogens is 492 g/mol. The van der Waals surface area contributed by atoms with Crippen LogP contribution in [0.25, 0.3) is 0 Å². The lowest BCUT2D eigenvalue weighted by Gasteiger charge is -2.36. The van der Waals surface area contributed by atoms with Crippen LogP contribution < -0.4 is 5.73 Å². The quantitative estimate of drug-likeness (QED) is 0.191. The second kappa shape index (κ2) is 16.5. The van der Waals surface area contributed by atoms with Gasteiger partial charge in [-0.15, -0.1) is 0 Å². The Morgan fingerprint density at radius 3 is 2.26 bits per heavy atom. The van der Waals surface area contributed by atoms with Crippen LogP contribution in [0.5, 0.6) is 0 Å².